The third kappa shape index (κ3) is 5.61. The molecule has 1 fully saturated rings. The lowest BCUT2D eigenvalue weighted by atomic mass is 10.2. The lowest BCUT2D eigenvalue weighted by Gasteiger charge is -2.12. The lowest BCUT2D eigenvalue weighted by Crippen LogP contribution is -2.41. The Labute approximate surface area is 86.4 Å². The Morgan fingerprint density at radius 2 is 1.87 bits per heavy atom. The second-order valence-electron chi connectivity index (χ2n) is 3.77. The van der Waals surface area contributed by atoms with Crippen molar-refractivity contribution in [2.45, 2.75) is 37.9 Å². The summed E-state index contributed by atoms with van der Waals surface area (Å²) in [7, 11) is 0. The second-order valence-corrected chi connectivity index (χ2v) is 3.77. The first kappa shape index (κ1) is 12.3. The Bertz CT molecular complexity index is 212. The van der Waals surface area contributed by atoms with Crippen molar-refractivity contribution in [1.29, 1.82) is 0 Å². The average molecular weight is 224 g/mol. The molecule has 0 radical (unpaired) electrons. The largest absolute Gasteiger partial charge is 0.401 e. The van der Waals surface area contributed by atoms with Crippen molar-refractivity contribution in [3.8, 4) is 0 Å². The van der Waals surface area contributed by atoms with E-state index in [1.165, 1.54) is 0 Å². The van der Waals surface area contributed by atoms with Crippen LogP contribution in [0.2, 0.25) is 0 Å². The van der Waals surface area contributed by atoms with Gasteiger partial charge in [-0.3, -0.25) is 4.79 Å². The summed E-state index contributed by atoms with van der Waals surface area (Å²) in [5, 5.41) is 4.76. The number of rotatable bonds is 4. The molecule has 2 N–H and O–H groups in total. The van der Waals surface area contributed by atoms with Gasteiger partial charge in [0.15, 0.2) is 0 Å². The predicted molar refractivity (Wildman–Crippen MR) is 49.3 cm³/mol. The summed E-state index contributed by atoms with van der Waals surface area (Å²) in [6.07, 6.45) is -0.217. The third-order valence-corrected chi connectivity index (χ3v) is 2.33. The molecule has 0 aromatic heterocycles. The van der Waals surface area contributed by atoms with Gasteiger partial charge >= 0.3 is 6.18 Å². The van der Waals surface area contributed by atoms with Crippen molar-refractivity contribution in [2.24, 2.45) is 0 Å². The summed E-state index contributed by atoms with van der Waals surface area (Å²) >= 11 is 0. The smallest absolute Gasteiger partial charge is 0.352 e. The van der Waals surface area contributed by atoms with Crippen LogP contribution in [0, 0.1) is 0 Å². The fourth-order valence-electron chi connectivity index (χ4n) is 1.67. The molecule has 0 aromatic carbocycles. The number of hydrogen-bond acceptors (Lipinski definition) is 2. The van der Waals surface area contributed by atoms with E-state index in [-0.39, 0.29) is 18.5 Å². The second kappa shape index (κ2) is 5.34. The van der Waals surface area contributed by atoms with Crippen LogP contribution < -0.4 is 10.6 Å². The highest BCUT2D eigenvalue weighted by Gasteiger charge is 2.26. The van der Waals surface area contributed by atoms with Crippen molar-refractivity contribution in [3.05, 3.63) is 0 Å². The Morgan fingerprint density at radius 1 is 1.27 bits per heavy atom. The zero-order chi connectivity index (χ0) is 11.3. The van der Waals surface area contributed by atoms with Crippen molar-refractivity contribution in [1.82, 2.24) is 10.6 Å². The van der Waals surface area contributed by atoms with Gasteiger partial charge in [-0.15, -0.1) is 0 Å². The van der Waals surface area contributed by atoms with Gasteiger partial charge in [0.05, 0.1) is 13.1 Å². The molecular formula is C9H15F3N2O. The molecular weight excluding hydrogens is 209 g/mol. The van der Waals surface area contributed by atoms with E-state index in [1.807, 2.05) is 0 Å². The SMILES string of the molecule is O=C(CNCC(F)(F)F)NC1CCCC1. The number of halogens is 3. The highest BCUT2D eigenvalue weighted by Crippen LogP contribution is 2.17. The number of carbonyl (C=O) groups excluding carboxylic acids is 1. The number of nitrogens with one attached hydrogen (secondary N) is 2. The van der Waals surface area contributed by atoms with E-state index in [0.717, 1.165) is 25.7 Å². The molecule has 0 saturated heterocycles. The van der Waals surface area contributed by atoms with Gasteiger partial charge in [0.1, 0.15) is 0 Å². The van der Waals surface area contributed by atoms with Crippen LogP contribution in [-0.2, 0) is 4.79 Å². The number of amides is 1. The third-order valence-electron chi connectivity index (χ3n) is 2.33. The van der Waals surface area contributed by atoms with Gasteiger partial charge in [-0.1, -0.05) is 12.8 Å². The molecule has 0 spiro atoms. The van der Waals surface area contributed by atoms with Gasteiger partial charge < -0.3 is 10.6 Å². The lowest BCUT2D eigenvalue weighted by molar-refractivity contribution is -0.128. The molecule has 6 heteroatoms. The van der Waals surface area contributed by atoms with Crippen LogP contribution >= 0.6 is 0 Å². The molecule has 0 aromatic rings. The van der Waals surface area contributed by atoms with Gasteiger partial charge in [-0.2, -0.15) is 13.2 Å². The first-order valence-electron chi connectivity index (χ1n) is 5.04. The standard InChI is InChI=1S/C9H15F3N2O/c10-9(11,12)6-13-5-8(15)14-7-3-1-2-4-7/h7,13H,1-6H2,(H,14,15). The van der Waals surface area contributed by atoms with E-state index in [2.05, 4.69) is 10.6 Å². The van der Waals surface area contributed by atoms with E-state index in [9.17, 15) is 18.0 Å². The molecule has 15 heavy (non-hydrogen) atoms. The average Bonchev–Trinajstić information content (AvgIpc) is 2.54. The first-order chi connectivity index (χ1) is 6.97. The van der Waals surface area contributed by atoms with Crippen LogP contribution in [0.3, 0.4) is 0 Å². The molecule has 3 nitrogen and oxygen atoms in total. The Kier molecular flexibility index (Phi) is 4.38. The van der Waals surface area contributed by atoms with Crippen molar-refractivity contribution in [2.75, 3.05) is 13.1 Å². The molecule has 1 amide bonds. The minimum atomic E-state index is -4.26. The molecule has 1 rings (SSSR count). The van der Waals surface area contributed by atoms with Crippen LogP contribution in [0.5, 0.6) is 0 Å². The van der Waals surface area contributed by atoms with Gasteiger partial charge in [0, 0.05) is 6.04 Å². The van der Waals surface area contributed by atoms with Gasteiger partial charge in [0.25, 0.3) is 0 Å². The van der Waals surface area contributed by atoms with E-state index >= 15 is 0 Å². The highest BCUT2D eigenvalue weighted by molar-refractivity contribution is 5.78. The topological polar surface area (TPSA) is 41.1 Å². The normalized spacial score (nSPS) is 18.1. The zero-order valence-electron chi connectivity index (χ0n) is 8.36. The molecule has 0 bridgehead atoms. The fourth-order valence-corrected chi connectivity index (χ4v) is 1.67. The van der Waals surface area contributed by atoms with Crippen LogP contribution in [-0.4, -0.2) is 31.2 Å². The molecule has 1 aliphatic carbocycles. The maximum Gasteiger partial charge on any atom is 0.401 e. The molecule has 1 aliphatic rings. The van der Waals surface area contributed by atoms with E-state index < -0.39 is 12.7 Å². The van der Waals surface area contributed by atoms with E-state index in [0.29, 0.717) is 0 Å². The fraction of sp³-hybridized carbons (Fsp3) is 0.889. The molecule has 0 unspecified atom stereocenters. The first-order valence-corrected chi connectivity index (χ1v) is 5.04. The van der Waals surface area contributed by atoms with Gasteiger partial charge in [-0.05, 0) is 12.8 Å². The van der Waals surface area contributed by atoms with Crippen molar-refractivity contribution in [3.63, 3.8) is 0 Å². The molecule has 0 heterocycles. The Morgan fingerprint density at radius 3 is 2.40 bits per heavy atom. The predicted octanol–water partition coefficient (Wildman–Crippen LogP) is 1.20. The molecule has 0 atom stereocenters. The number of carbonyl (C=O) groups is 1. The molecule has 1 saturated carbocycles. The summed E-state index contributed by atoms with van der Waals surface area (Å²) in [6.45, 7) is -1.39. The van der Waals surface area contributed by atoms with E-state index in [1.54, 1.807) is 0 Å². The van der Waals surface area contributed by atoms with Crippen LogP contribution in [0.15, 0.2) is 0 Å². The van der Waals surface area contributed by atoms with Gasteiger partial charge in [-0.25, -0.2) is 0 Å². The monoisotopic (exact) mass is 224 g/mol. The summed E-state index contributed by atoms with van der Waals surface area (Å²) in [5.74, 6) is -0.355. The van der Waals surface area contributed by atoms with Crippen LogP contribution in [0.1, 0.15) is 25.7 Å². The van der Waals surface area contributed by atoms with Crippen molar-refractivity contribution < 1.29 is 18.0 Å². The quantitative estimate of drug-likeness (QED) is 0.753. The summed E-state index contributed by atoms with van der Waals surface area (Å²) in [6, 6.07) is 0.158. The zero-order valence-corrected chi connectivity index (χ0v) is 8.36. The minimum Gasteiger partial charge on any atom is -0.352 e. The molecule has 0 aliphatic heterocycles. The maximum absolute atomic E-state index is 11.7. The minimum absolute atomic E-state index is 0.158. The summed E-state index contributed by atoms with van der Waals surface area (Å²) < 4.78 is 35.2. The number of hydrogen-bond donors (Lipinski definition) is 2. The van der Waals surface area contributed by atoms with Crippen LogP contribution in [0.4, 0.5) is 13.2 Å². The summed E-state index contributed by atoms with van der Waals surface area (Å²) in [5.41, 5.74) is 0. The Hall–Kier alpha value is -0.780. The maximum atomic E-state index is 11.7. The molecule has 88 valence electrons. The van der Waals surface area contributed by atoms with E-state index in [4.69, 9.17) is 0 Å². The van der Waals surface area contributed by atoms with Crippen LogP contribution in [0.25, 0.3) is 0 Å². The number of alkyl halides is 3. The summed E-state index contributed by atoms with van der Waals surface area (Å²) in [4.78, 5) is 11.1. The van der Waals surface area contributed by atoms with Gasteiger partial charge in [0.2, 0.25) is 5.91 Å². The highest BCUT2D eigenvalue weighted by atomic mass is 19.4. The van der Waals surface area contributed by atoms with Crippen molar-refractivity contribution >= 4 is 5.91 Å². The Balaban J connectivity index is 2.08.